The van der Waals surface area contributed by atoms with Crippen LogP contribution in [0.15, 0.2) is 0 Å². The highest BCUT2D eigenvalue weighted by atomic mass is 28.4. The largest absolute Gasteiger partial charge is 0.397 e. The summed E-state index contributed by atoms with van der Waals surface area (Å²) in [6.07, 6.45) is 2.14. The molecular weight excluding hydrogens is 292 g/mol. The van der Waals surface area contributed by atoms with E-state index in [0.29, 0.717) is 13.2 Å². The summed E-state index contributed by atoms with van der Waals surface area (Å²) in [6, 6.07) is 0. The second-order valence-corrected chi connectivity index (χ2v) is 9.05. The monoisotopic (exact) mass is 320 g/mol. The van der Waals surface area contributed by atoms with E-state index in [9.17, 15) is 0 Å². The van der Waals surface area contributed by atoms with Gasteiger partial charge in [0.25, 0.3) is 0 Å². The molecule has 2 fully saturated rings. The van der Waals surface area contributed by atoms with E-state index in [-0.39, 0.29) is 23.7 Å². The van der Waals surface area contributed by atoms with Gasteiger partial charge in [-0.15, -0.1) is 0 Å². The van der Waals surface area contributed by atoms with Gasteiger partial charge in [0.1, 0.15) is 23.7 Å². The lowest BCUT2D eigenvalue weighted by atomic mass is 10.5. The Morgan fingerprint density at radius 1 is 0.905 bits per heavy atom. The van der Waals surface area contributed by atoms with Crippen LogP contribution in [0, 0.1) is 0 Å². The van der Waals surface area contributed by atoms with Crippen LogP contribution in [0.25, 0.3) is 0 Å². The number of ether oxygens (including phenoxy) is 4. The summed E-state index contributed by atoms with van der Waals surface area (Å²) in [6.45, 7) is 6.96. The molecule has 0 spiro atoms. The standard InChI is InChI=1S/C14H28O6Si/c1-5-13(19-9-11-7-17-11)21(15-3,16-4)14(6-2)20-10-12-8-18-12/h11-14H,5-10H2,1-4H3. The van der Waals surface area contributed by atoms with Crippen molar-refractivity contribution >= 4 is 8.56 Å². The average molecular weight is 320 g/mol. The molecule has 2 rings (SSSR count). The predicted octanol–water partition coefficient (Wildman–Crippen LogP) is 1.19. The zero-order chi connectivity index (χ0) is 15.3. The summed E-state index contributed by atoms with van der Waals surface area (Å²) in [5, 5.41) is 0. The Labute approximate surface area is 128 Å². The Morgan fingerprint density at radius 3 is 1.52 bits per heavy atom. The van der Waals surface area contributed by atoms with E-state index in [1.54, 1.807) is 14.2 Å². The van der Waals surface area contributed by atoms with Crippen LogP contribution in [0.5, 0.6) is 0 Å². The Hall–Kier alpha value is -0.0231. The van der Waals surface area contributed by atoms with E-state index in [2.05, 4.69) is 13.8 Å². The van der Waals surface area contributed by atoms with Crippen molar-refractivity contribution in [2.45, 2.75) is 50.4 Å². The van der Waals surface area contributed by atoms with E-state index < -0.39 is 8.56 Å². The third-order valence-electron chi connectivity index (χ3n) is 4.05. The molecule has 0 aliphatic carbocycles. The zero-order valence-electron chi connectivity index (χ0n) is 13.5. The van der Waals surface area contributed by atoms with Crippen molar-refractivity contribution in [3.05, 3.63) is 0 Å². The summed E-state index contributed by atoms with van der Waals surface area (Å²) < 4.78 is 34.3. The van der Waals surface area contributed by atoms with Crippen molar-refractivity contribution in [3.8, 4) is 0 Å². The quantitative estimate of drug-likeness (QED) is 0.398. The molecule has 4 atom stereocenters. The van der Waals surface area contributed by atoms with Gasteiger partial charge < -0.3 is 27.8 Å². The van der Waals surface area contributed by atoms with Crippen molar-refractivity contribution < 1.29 is 27.8 Å². The Bertz CT molecular complexity index is 278. The molecule has 0 aromatic heterocycles. The summed E-state index contributed by atoms with van der Waals surface area (Å²) in [5.74, 6) is 0. The first-order valence-corrected chi connectivity index (χ1v) is 9.73. The molecule has 0 saturated carbocycles. The molecular formula is C14H28O6Si. The highest BCUT2D eigenvalue weighted by Crippen LogP contribution is 2.27. The average Bonchev–Trinajstić information content (AvgIpc) is 3.39. The first-order valence-electron chi connectivity index (χ1n) is 7.76. The van der Waals surface area contributed by atoms with Crippen LogP contribution in [-0.4, -0.2) is 72.9 Å². The lowest BCUT2D eigenvalue weighted by Gasteiger charge is -2.39. The number of hydrogen-bond acceptors (Lipinski definition) is 6. The highest BCUT2D eigenvalue weighted by Gasteiger charge is 2.53. The maximum absolute atomic E-state index is 6.04. The fraction of sp³-hybridized carbons (Fsp3) is 1.00. The van der Waals surface area contributed by atoms with Gasteiger partial charge in [-0.3, -0.25) is 0 Å². The van der Waals surface area contributed by atoms with Crippen molar-refractivity contribution in [1.29, 1.82) is 0 Å². The second-order valence-electron chi connectivity index (χ2n) is 5.50. The van der Waals surface area contributed by atoms with Crippen molar-refractivity contribution in [2.24, 2.45) is 0 Å². The number of rotatable bonds is 12. The van der Waals surface area contributed by atoms with Gasteiger partial charge >= 0.3 is 8.56 Å². The molecule has 0 amide bonds. The topological polar surface area (TPSA) is 62.0 Å². The molecule has 4 unspecified atom stereocenters. The maximum Gasteiger partial charge on any atom is 0.397 e. The van der Waals surface area contributed by atoms with Crippen molar-refractivity contribution in [1.82, 2.24) is 0 Å². The molecule has 124 valence electrons. The van der Waals surface area contributed by atoms with Gasteiger partial charge in [-0.1, -0.05) is 13.8 Å². The van der Waals surface area contributed by atoms with Gasteiger partial charge in [-0.25, -0.2) is 0 Å². The van der Waals surface area contributed by atoms with Crippen LogP contribution >= 0.6 is 0 Å². The Morgan fingerprint density at radius 2 is 1.29 bits per heavy atom. The van der Waals surface area contributed by atoms with Crippen LogP contribution < -0.4 is 0 Å². The van der Waals surface area contributed by atoms with Crippen LogP contribution in [0.3, 0.4) is 0 Å². The molecule has 2 aliphatic rings. The predicted molar refractivity (Wildman–Crippen MR) is 79.3 cm³/mol. The summed E-state index contributed by atoms with van der Waals surface area (Å²) in [5.41, 5.74) is -0.136. The normalized spacial score (nSPS) is 27.4. The van der Waals surface area contributed by atoms with Gasteiger partial charge in [0, 0.05) is 14.2 Å². The minimum absolute atomic E-state index is 0.0678. The number of epoxide rings is 2. The van der Waals surface area contributed by atoms with Crippen LogP contribution in [0.4, 0.5) is 0 Å². The van der Waals surface area contributed by atoms with E-state index in [1.165, 1.54) is 0 Å². The van der Waals surface area contributed by atoms with Crippen LogP contribution in [0.1, 0.15) is 26.7 Å². The van der Waals surface area contributed by atoms with Crippen LogP contribution in [0.2, 0.25) is 0 Å². The van der Waals surface area contributed by atoms with Gasteiger partial charge in [-0.05, 0) is 12.8 Å². The summed E-state index contributed by atoms with van der Waals surface area (Å²) in [7, 11) is 0.771. The van der Waals surface area contributed by atoms with E-state index >= 15 is 0 Å². The minimum Gasteiger partial charge on any atom is -0.395 e. The molecule has 21 heavy (non-hydrogen) atoms. The third-order valence-corrected chi connectivity index (χ3v) is 8.27. The molecule has 0 aromatic rings. The molecule has 7 heteroatoms. The van der Waals surface area contributed by atoms with Crippen LogP contribution in [-0.2, 0) is 27.8 Å². The van der Waals surface area contributed by atoms with Gasteiger partial charge in [0.05, 0.1) is 26.4 Å². The van der Waals surface area contributed by atoms with Gasteiger partial charge in [0.15, 0.2) is 0 Å². The van der Waals surface area contributed by atoms with Gasteiger partial charge in [0.2, 0.25) is 0 Å². The molecule has 0 radical (unpaired) electrons. The SMILES string of the molecule is CCC(OCC1CO1)[Si](OC)(OC)C(CC)OCC1CO1. The Kier molecular flexibility index (Phi) is 6.61. The molecule has 0 bridgehead atoms. The van der Waals surface area contributed by atoms with E-state index in [1.807, 2.05) is 0 Å². The second kappa shape index (κ2) is 8.01. The highest BCUT2D eigenvalue weighted by molar-refractivity contribution is 6.70. The third kappa shape index (κ3) is 4.48. The van der Waals surface area contributed by atoms with Crippen molar-refractivity contribution in [2.75, 3.05) is 40.6 Å². The number of hydrogen-bond donors (Lipinski definition) is 0. The minimum atomic E-state index is -2.64. The first kappa shape index (κ1) is 17.3. The fourth-order valence-corrected chi connectivity index (χ4v) is 6.06. The molecule has 2 aliphatic heterocycles. The molecule has 0 N–H and O–H groups in total. The molecule has 0 aromatic carbocycles. The Balaban J connectivity index is 2.00. The lowest BCUT2D eigenvalue weighted by Crippen LogP contribution is -2.63. The maximum atomic E-state index is 6.04. The first-order chi connectivity index (χ1) is 10.2. The smallest absolute Gasteiger partial charge is 0.395 e. The van der Waals surface area contributed by atoms with E-state index in [4.69, 9.17) is 27.8 Å². The summed E-state index contributed by atoms with van der Waals surface area (Å²) >= 11 is 0. The molecule has 2 saturated heterocycles. The fourth-order valence-electron chi connectivity index (χ4n) is 2.63. The zero-order valence-corrected chi connectivity index (χ0v) is 14.5. The molecule has 6 nitrogen and oxygen atoms in total. The van der Waals surface area contributed by atoms with Crippen molar-refractivity contribution in [3.63, 3.8) is 0 Å². The van der Waals surface area contributed by atoms with Gasteiger partial charge in [-0.2, -0.15) is 0 Å². The van der Waals surface area contributed by atoms with E-state index in [0.717, 1.165) is 26.1 Å². The lowest BCUT2D eigenvalue weighted by molar-refractivity contribution is 0.000604. The molecule has 2 heterocycles. The summed E-state index contributed by atoms with van der Waals surface area (Å²) in [4.78, 5) is 0.